The van der Waals surface area contributed by atoms with Gasteiger partial charge < -0.3 is 14.7 Å². The maximum absolute atomic E-state index is 13.2. The van der Waals surface area contributed by atoms with E-state index in [0.29, 0.717) is 36.1 Å². The Hall–Kier alpha value is -2.37. The average molecular weight is 369 g/mol. The first-order valence-corrected chi connectivity index (χ1v) is 9.95. The van der Waals surface area contributed by atoms with Gasteiger partial charge in [0.1, 0.15) is 12.6 Å². The number of benzene rings is 1. The minimum atomic E-state index is -0.447. The zero-order valence-corrected chi connectivity index (χ0v) is 16.1. The summed E-state index contributed by atoms with van der Waals surface area (Å²) in [7, 11) is 0. The molecule has 3 aliphatic rings. The van der Waals surface area contributed by atoms with Gasteiger partial charge in [0.15, 0.2) is 0 Å². The lowest BCUT2D eigenvalue weighted by atomic mass is 9.92. The minimum absolute atomic E-state index is 0.00685. The molecule has 3 amide bonds. The van der Waals surface area contributed by atoms with Crippen molar-refractivity contribution in [1.29, 1.82) is 0 Å². The van der Waals surface area contributed by atoms with Gasteiger partial charge >= 0.3 is 0 Å². The number of rotatable bonds is 2. The molecule has 6 heteroatoms. The normalized spacial score (nSPS) is 28.1. The Morgan fingerprint density at radius 1 is 1.11 bits per heavy atom. The number of hydrogen-bond donors (Lipinski definition) is 0. The van der Waals surface area contributed by atoms with Gasteiger partial charge in [0, 0.05) is 19.6 Å². The molecule has 0 unspecified atom stereocenters. The quantitative estimate of drug-likeness (QED) is 0.802. The summed E-state index contributed by atoms with van der Waals surface area (Å²) in [6.45, 7) is 6.41. The molecule has 3 aliphatic heterocycles. The summed E-state index contributed by atoms with van der Waals surface area (Å²) in [5.41, 5.74) is 1.08. The van der Waals surface area contributed by atoms with Gasteiger partial charge in [-0.3, -0.25) is 14.4 Å². The van der Waals surface area contributed by atoms with Crippen LogP contribution in [-0.4, -0.2) is 59.7 Å². The molecule has 2 fully saturated rings. The smallest absolute Gasteiger partial charge is 0.256 e. The highest BCUT2D eigenvalue weighted by molar-refractivity contribution is 6.12. The molecule has 0 N–H and O–H groups in total. The van der Waals surface area contributed by atoms with Crippen LogP contribution in [0.15, 0.2) is 24.3 Å². The van der Waals surface area contributed by atoms with E-state index in [1.165, 1.54) is 0 Å². The van der Waals surface area contributed by atoms with Gasteiger partial charge in [-0.2, -0.15) is 0 Å². The highest BCUT2D eigenvalue weighted by atomic mass is 16.2. The summed E-state index contributed by atoms with van der Waals surface area (Å²) in [6, 6.07) is 6.72. The topological polar surface area (TPSA) is 60.9 Å². The van der Waals surface area contributed by atoms with Gasteiger partial charge in [0.05, 0.1) is 11.3 Å². The zero-order valence-electron chi connectivity index (χ0n) is 16.1. The third-order valence-corrected chi connectivity index (χ3v) is 6.00. The number of fused-ring (bicyclic) bond motifs is 2. The van der Waals surface area contributed by atoms with E-state index in [-0.39, 0.29) is 24.3 Å². The molecule has 4 rings (SSSR count). The number of amides is 3. The zero-order chi connectivity index (χ0) is 19.1. The largest absolute Gasteiger partial charge is 0.341 e. The van der Waals surface area contributed by atoms with E-state index in [0.717, 1.165) is 25.9 Å². The second kappa shape index (κ2) is 6.98. The van der Waals surface area contributed by atoms with Crippen LogP contribution < -0.4 is 4.90 Å². The second-order valence-electron chi connectivity index (χ2n) is 8.34. The minimum Gasteiger partial charge on any atom is -0.341 e. The first kappa shape index (κ1) is 18.0. The summed E-state index contributed by atoms with van der Waals surface area (Å²) in [4.78, 5) is 44.3. The molecule has 0 spiro atoms. The van der Waals surface area contributed by atoms with Crippen molar-refractivity contribution in [1.82, 2.24) is 9.80 Å². The van der Waals surface area contributed by atoms with Crippen LogP contribution >= 0.6 is 0 Å². The fourth-order valence-electron chi connectivity index (χ4n) is 4.87. The Balaban J connectivity index is 1.64. The molecule has 0 bridgehead atoms. The van der Waals surface area contributed by atoms with Crippen molar-refractivity contribution < 1.29 is 14.4 Å². The fraction of sp³-hybridized carbons (Fsp3) is 0.571. The number of nitrogens with zero attached hydrogens (tertiary/aromatic N) is 3. The van der Waals surface area contributed by atoms with E-state index in [1.54, 1.807) is 21.9 Å². The maximum Gasteiger partial charge on any atom is 0.256 e. The Morgan fingerprint density at radius 3 is 2.56 bits per heavy atom. The number of para-hydroxylation sites is 1. The lowest BCUT2D eigenvalue weighted by Crippen LogP contribution is -2.51. The molecule has 1 aromatic rings. The van der Waals surface area contributed by atoms with E-state index in [9.17, 15) is 14.4 Å². The Kier molecular flexibility index (Phi) is 4.66. The molecular weight excluding hydrogens is 342 g/mol. The van der Waals surface area contributed by atoms with Crippen LogP contribution in [0, 0.1) is 11.8 Å². The lowest BCUT2D eigenvalue weighted by molar-refractivity contribution is -0.134. The van der Waals surface area contributed by atoms with Crippen molar-refractivity contribution in [2.24, 2.45) is 11.8 Å². The number of carbonyl (C=O) groups excluding carboxylic acids is 3. The molecule has 1 aromatic carbocycles. The van der Waals surface area contributed by atoms with Crippen LogP contribution in [0.5, 0.6) is 0 Å². The van der Waals surface area contributed by atoms with Gasteiger partial charge in [0.2, 0.25) is 11.8 Å². The first-order chi connectivity index (χ1) is 13.0. The molecule has 144 valence electrons. The standard InChI is InChI=1S/C21H27N3O3/c1-14-10-15(2)12-22(11-14)19(25)13-24-17-7-4-3-6-16(17)20(26)23-9-5-8-18(23)21(24)27/h3-4,6-7,14-15,18H,5,8-13H2,1-2H3/t14-,15-,18+/m0/s1. The van der Waals surface area contributed by atoms with Crippen LogP contribution in [0.2, 0.25) is 0 Å². The van der Waals surface area contributed by atoms with Gasteiger partial charge in [-0.25, -0.2) is 0 Å². The van der Waals surface area contributed by atoms with E-state index in [2.05, 4.69) is 13.8 Å². The summed E-state index contributed by atoms with van der Waals surface area (Å²) < 4.78 is 0. The number of carbonyl (C=O) groups is 3. The van der Waals surface area contributed by atoms with Gasteiger partial charge in [-0.05, 0) is 43.2 Å². The van der Waals surface area contributed by atoms with Crippen molar-refractivity contribution >= 4 is 23.4 Å². The predicted molar refractivity (Wildman–Crippen MR) is 102 cm³/mol. The third-order valence-electron chi connectivity index (χ3n) is 6.00. The van der Waals surface area contributed by atoms with E-state index in [4.69, 9.17) is 0 Å². The van der Waals surface area contributed by atoms with Crippen molar-refractivity contribution in [2.45, 2.75) is 39.2 Å². The summed E-state index contributed by atoms with van der Waals surface area (Å²) in [5, 5.41) is 0. The van der Waals surface area contributed by atoms with Crippen molar-refractivity contribution in [3.63, 3.8) is 0 Å². The molecule has 0 radical (unpaired) electrons. The Labute approximate surface area is 160 Å². The lowest BCUT2D eigenvalue weighted by Gasteiger charge is -2.36. The average Bonchev–Trinajstić information content (AvgIpc) is 3.11. The van der Waals surface area contributed by atoms with Crippen molar-refractivity contribution in [3.8, 4) is 0 Å². The number of likely N-dealkylation sites (tertiary alicyclic amines) is 1. The van der Waals surface area contributed by atoms with E-state index < -0.39 is 6.04 Å². The molecular formula is C21H27N3O3. The molecule has 0 saturated carbocycles. The van der Waals surface area contributed by atoms with Crippen LogP contribution in [0.1, 0.15) is 43.5 Å². The van der Waals surface area contributed by atoms with Crippen molar-refractivity contribution in [2.75, 3.05) is 31.1 Å². The maximum atomic E-state index is 13.2. The van der Waals surface area contributed by atoms with Crippen molar-refractivity contribution in [3.05, 3.63) is 29.8 Å². The van der Waals surface area contributed by atoms with Gasteiger partial charge in [-0.15, -0.1) is 0 Å². The molecule has 27 heavy (non-hydrogen) atoms. The fourth-order valence-corrected chi connectivity index (χ4v) is 4.87. The molecule has 6 nitrogen and oxygen atoms in total. The van der Waals surface area contributed by atoms with Gasteiger partial charge in [-0.1, -0.05) is 26.0 Å². The van der Waals surface area contributed by atoms with E-state index >= 15 is 0 Å². The summed E-state index contributed by atoms with van der Waals surface area (Å²) in [5.74, 6) is 0.678. The van der Waals surface area contributed by atoms with Crippen LogP contribution in [0.4, 0.5) is 5.69 Å². The Bertz CT molecular complexity index is 768. The first-order valence-electron chi connectivity index (χ1n) is 9.95. The monoisotopic (exact) mass is 369 g/mol. The van der Waals surface area contributed by atoms with Gasteiger partial charge in [0.25, 0.3) is 5.91 Å². The predicted octanol–water partition coefficient (Wildman–Crippen LogP) is 2.14. The number of piperidine rings is 1. The van der Waals surface area contributed by atoms with Crippen LogP contribution in [0.3, 0.4) is 0 Å². The van der Waals surface area contributed by atoms with Crippen LogP contribution in [-0.2, 0) is 9.59 Å². The summed E-state index contributed by atoms with van der Waals surface area (Å²) >= 11 is 0. The van der Waals surface area contributed by atoms with E-state index in [1.807, 2.05) is 17.0 Å². The summed E-state index contributed by atoms with van der Waals surface area (Å²) in [6.07, 6.45) is 2.62. The number of anilines is 1. The molecule has 3 atom stereocenters. The van der Waals surface area contributed by atoms with Crippen LogP contribution in [0.25, 0.3) is 0 Å². The highest BCUT2D eigenvalue weighted by Gasteiger charge is 2.42. The molecule has 0 aromatic heterocycles. The molecule has 3 heterocycles. The SMILES string of the molecule is C[C@H]1C[C@H](C)CN(C(=O)CN2C(=O)[C@H]3CCCN3C(=O)c3ccccc32)C1. The Morgan fingerprint density at radius 2 is 1.81 bits per heavy atom. The second-order valence-corrected chi connectivity index (χ2v) is 8.34. The third kappa shape index (κ3) is 3.22. The molecule has 0 aliphatic carbocycles. The number of hydrogen-bond acceptors (Lipinski definition) is 3. The molecule has 2 saturated heterocycles. The highest BCUT2D eigenvalue weighted by Crippen LogP contribution is 2.32.